The third-order valence-corrected chi connectivity index (χ3v) is 3.35. The second-order valence-corrected chi connectivity index (χ2v) is 5.59. The summed E-state index contributed by atoms with van der Waals surface area (Å²) in [6.45, 7) is -0.683. The Hall–Kier alpha value is -0.330. The largest absolute Gasteiger partial charge is 0.469 e. The van der Waals surface area contributed by atoms with Crippen molar-refractivity contribution in [3.8, 4) is 0 Å². The molecule has 0 aromatic carbocycles. The van der Waals surface area contributed by atoms with Crippen LogP contribution in [0.2, 0.25) is 0 Å². The molecule has 1 aliphatic rings. The molecule has 0 spiro atoms. The Labute approximate surface area is 145 Å². The minimum absolute atomic E-state index is 0. The Morgan fingerprint density at radius 3 is 2.50 bits per heavy atom. The molecule has 0 aliphatic carbocycles. The zero-order valence-electron chi connectivity index (χ0n) is 11.4. The van der Waals surface area contributed by atoms with Crippen LogP contribution in [0.3, 0.4) is 0 Å². The van der Waals surface area contributed by atoms with Crippen LogP contribution in [0, 0.1) is 0 Å². The molecule has 4 atom stereocenters. The van der Waals surface area contributed by atoms with E-state index in [4.69, 9.17) is 14.5 Å². The zero-order valence-corrected chi connectivity index (χ0v) is 14.3. The molecule has 1 aliphatic heterocycles. The Balaban J connectivity index is 0.00000242. The van der Waals surface area contributed by atoms with Gasteiger partial charge in [0.15, 0.2) is 6.23 Å². The van der Waals surface area contributed by atoms with Crippen molar-refractivity contribution in [2.24, 2.45) is 0 Å². The summed E-state index contributed by atoms with van der Waals surface area (Å²) in [4.78, 5) is 41.6. The average molecular weight is 347 g/mol. The summed E-state index contributed by atoms with van der Waals surface area (Å²) in [7, 11) is -4.76. The van der Waals surface area contributed by atoms with E-state index < -0.39 is 50.2 Å². The van der Waals surface area contributed by atoms with Crippen molar-refractivity contribution in [3.63, 3.8) is 0 Å². The van der Waals surface area contributed by atoms with E-state index in [2.05, 4.69) is 4.52 Å². The number of aromatic amines is 1. The molecule has 4 unspecified atom stereocenters. The van der Waals surface area contributed by atoms with Gasteiger partial charge in [-0.05, 0) is 0 Å². The normalized spacial score (nSPS) is 28.4. The Kier molecular flexibility index (Phi) is 6.72. The second-order valence-electron chi connectivity index (χ2n) is 4.35. The first-order valence-electron chi connectivity index (χ1n) is 5.72. The first-order valence-corrected chi connectivity index (χ1v) is 7.25. The molecule has 5 N–H and O–H groups in total. The van der Waals surface area contributed by atoms with Crippen LogP contribution in [-0.2, 0) is 13.8 Å². The summed E-state index contributed by atoms with van der Waals surface area (Å²) in [5.74, 6) is 0. The van der Waals surface area contributed by atoms with Crippen LogP contribution < -0.4 is 11.2 Å². The van der Waals surface area contributed by atoms with Gasteiger partial charge in [0.25, 0.3) is 5.56 Å². The summed E-state index contributed by atoms with van der Waals surface area (Å²) >= 11 is 0. The van der Waals surface area contributed by atoms with Gasteiger partial charge in [-0.15, -0.1) is 0 Å². The number of aromatic nitrogens is 2. The van der Waals surface area contributed by atoms with Crippen LogP contribution in [0.5, 0.6) is 0 Å². The number of hydrogen-bond donors (Lipinski definition) is 5. The number of rotatable bonds is 4. The quantitative estimate of drug-likeness (QED) is 0.279. The van der Waals surface area contributed by atoms with Gasteiger partial charge >= 0.3 is 13.5 Å². The number of H-pyrrole nitrogens is 1. The maximum atomic E-state index is 11.6. The van der Waals surface area contributed by atoms with Crippen LogP contribution in [-0.4, -0.2) is 84.0 Å². The summed E-state index contributed by atoms with van der Waals surface area (Å²) < 4.78 is 20.8. The minimum Gasteiger partial charge on any atom is -0.387 e. The Morgan fingerprint density at radius 2 is 1.95 bits per heavy atom. The Morgan fingerprint density at radius 1 is 1.32 bits per heavy atom. The third kappa shape index (κ3) is 4.59. The van der Waals surface area contributed by atoms with Gasteiger partial charge in [0, 0.05) is 41.8 Å². The number of phosphoric acid groups is 1. The molecule has 1 fully saturated rings. The minimum atomic E-state index is -4.76. The number of aliphatic hydroxyl groups is 2. The summed E-state index contributed by atoms with van der Waals surface area (Å²) in [5.41, 5.74) is -1.51. The average Bonchev–Trinajstić information content (AvgIpc) is 2.64. The molecule has 1 aromatic heterocycles. The molecule has 1 saturated heterocycles. The smallest absolute Gasteiger partial charge is 0.387 e. The van der Waals surface area contributed by atoms with E-state index in [9.17, 15) is 24.4 Å². The van der Waals surface area contributed by atoms with Gasteiger partial charge in [-0.25, -0.2) is 9.36 Å². The molecule has 2 heterocycles. The summed E-state index contributed by atoms with van der Waals surface area (Å²) in [6, 6.07) is 1.02. The molecular weight excluding hydrogens is 334 g/mol. The molecule has 11 nitrogen and oxygen atoms in total. The third-order valence-electron chi connectivity index (χ3n) is 2.87. The van der Waals surface area contributed by atoms with E-state index in [0.29, 0.717) is 0 Å². The summed E-state index contributed by atoms with van der Waals surface area (Å²) in [5, 5.41) is 19.6. The van der Waals surface area contributed by atoms with Gasteiger partial charge in [0.05, 0.1) is 6.61 Å². The van der Waals surface area contributed by atoms with Gasteiger partial charge in [0.1, 0.15) is 18.3 Å². The van der Waals surface area contributed by atoms with Crippen molar-refractivity contribution in [3.05, 3.63) is 33.1 Å². The van der Waals surface area contributed by atoms with Gasteiger partial charge in [-0.3, -0.25) is 18.9 Å². The SMILES string of the molecule is O=c1ccn(C2OC(COP(=O)(O)O)C(O)C2O)c(=O)[nH]1.[Na]. The number of nitrogens with zero attached hydrogens (tertiary/aromatic N) is 1. The molecule has 13 heteroatoms. The van der Waals surface area contributed by atoms with Crippen LogP contribution in [0.4, 0.5) is 0 Å². The van der Waals surface area contributed by atoms with Crippen LogP contribution in [0.15, 0.2) is 21.9 Å². The zero-order chi connectivity index (χ0) is 15.8. The van der Waals surface area contributed by atoms with E-state index in [-0.39, 0.29) is 29.6 Å². The van der Waals surface area contributed by atoms with Crippen molar-refractivity contribution < 1.29 is 33.8 Å². The van der Waals surface area contributed by atoms with Crippen molar-refractivity contribution >= 4 is 37.4 Å². The van der Waals surface area contributed by atoms with Crippen molar-refractivity contribution in [1.82, 2.24) is 9.55 Å². The molecule has 0 amide bonds. The van der Waals surface area contributed by atoms with Gasteiger partial charge in [0.2, 0.25) is 0 Å². The topological polar surface area (TPSA) is 171 Å². The number of phosphoric ester groups is 1. The van der Waals surface area contributed by atoms with Crippen LogP contribution >= 0.6 is 7.82 Å². The molecule has 1 radical (unpaired) electrons. The molecule has 0 saturated carbocycles. The number of nitrogens with one attached hydrogen (secondary N) is 1. The van der Waals surface area contributed by atoms with E-state index in [1.165, 1.54) is 0 Å². The van der Waals surface area contributed by atoms with Crippen molar-refractivity contribution in [2.75, 3.05) is 6.61 Å². The molecule has 2 rings (SSSR count). The predicted octanol–water partition coefficient (Wildman–Crippen LogP) is -3.12. The molecular formula is C9H13N2NaO9P. The molecule has 22 heavy (non-hydrogen) atoms. The second kappa shape index (κ2) is 7.49. The molecule has 1 aromatic rings. The summed E-state index contributed by atoms with van der Waals surface area (Å²) in [6.07, 6.45) is -4.58. The number of aliphatic hydroxyl groups excluding tert-OH is 2. The Bertz CT molecular complexity index is 670. The van der Waals surface area contributed by atoms with E-state index >= 15 is 0 Å². The van der Waals surface area contributed by atoms with Gasteiger partial charge in [-0.2, -0.15) is 0 Å². The predicted molar refractivity (Wildman–Crippen MR) is 71.0 cm³/mol. The number of hydrogen-bond acceptors (Lipinski definition) is 7. The van der Waals surface area contributed by atoms with E-state index in [0.717, 1.165) is 16.8 Å². The van der Waals surface area contributed by atoms with Gasteiger partial charge in [-0.1, -0.05) is 0 Å². The maximum Gasteiger partial charge on any atom is 0.469 e. The number of ether oxygens (including phenoxy) is 1. The standard InChI is InChI=1S/C9H13N2O9P.Na/c12-5-1-2-11(9(15)10-5)8-7(14)6(13)4(20-8)3-19-21(16,17)18;/h1-2,4,6-8,13-14H,3H2,(H,10,12,15)(H2,16,17,18);. The van der Waals surface area contributed by atoms with Crippen LogP contribution in [0.25, 0.3) is 0 Å². The fourth-order valence-corrected chi connectivity index (χ4v) is 2.24. The fraction of sp³-hybridized carbons (Fsp3) is 0.556. The first-order chi connectivity index (χ1) is 9.69. The van der Waals surface area contributed by atoms with E-state index in [1.54, 1.807) is 0 Å². The molecule has 119 valence electrons. The maximum absolute atomic E-state index is 11.6. The van der Waals surface area contributed by atoms with Crippen LogP contribution in [0.1, 0.15) is 6.23 Å². The molecule has 0 bridgehead atoms. The van der Waals surface area contributed by atoms with Gasteiger partial charge < -0.3 is 24.7 Å². The monoisotopic (exact) mass is 347 g/mol. The fourth-order valence-electron chi connectivity index (χ4n) is 1.89. The van der Waals surface area contributed by atoms with Crippen molar-refractivity contribution in [1.29, 1.82) is 0 Å². The van der Waals surface area contributed by atoms with E-state index in [1.807, 2.05) is 4.98 Å². The first kappa shape index (κ1) is 19.7. The van der Waals surface area contributed by atoms with Crippen molar-refractivity contribution in [2.45, 2.75) is 24.5 Å².